The van der Waals surface area contributed by atoms with Crippen molar-refractivity contribution in [3.05, 3.63) is 11.3 Å². The molecule has 0 unspecified atom stereocenters. The Morgan fingerprint density at radius 3 is 2.50 bits per heavy atom. The van der Waals surface area contributed by atoms with Crippen molar-refractivity contribution in [3.8, 4) is 0 Å². The highest BCUT2D eigenvalue weighted by Crippen LogP contribution is 1.99. The molecule has 0 radical (unpaired) electrons. The van der Waals surface area contributed by atoms with Gasteiger partial charge in [-0.25, -0.2) is 0 Å². The summed E-state index contributed by atoms with van der Waals surface area (Å²) in [4.78, 5) is 10.7. The van der Waals surface area contributed by atoms with Crippen molar-refractivity contribution >= 4 is 5.97 Å². The van der Waals surface area contributed by atoms with Gasteiger partial charge in [0, 0.05) is 6.54 Å². The minimum Gasteiger partial charge on any atom is -0.509 e. The second kappa shape index (κ2) is 5.60. The SMILES string of the molecule is CC(C)=C(O)COC(=O)CCN. The molecule has 3 N–H and O–H groups in total. The van der Waals surface area contributed by atoms with Crippen molar-refractivity contribution in [2.75, 3.05) is 13.2 Å². The first-order valence-corrected chi connectivity index (χ1v) is 3.79. The van der Waals surface area contributed by atoms with E-state index in [9.17, 15) is 4.79 Å². The van der Waals surface area contributed by atoms with Crippen LogP contribution < -0.4 is 5.73 Å². The van der Waals surface area contributed by atoms with Gasteiger partial charge in [-0.05, 0) is 19.4 Å². The molecule has 0 amide bonds. The van der Waals surface area contributed by atoms with Gasteiger partial charge in [-0.2, -0.15) is 0 Å². The van der Waals surface area contributed by atoms with E-state index < -0.39 is 0 Å². The van der Waals surface area contributed by atoms with Crippen molar-refractivity contribution in [3.63, 3.8) is 0 Å². The monoisotopic (exact) mass is 173 g/mol. The summed E-state index contributed by atoms with van der Waals surface area (Å²) in [5.41, 5.74) is 5.87. The van der Waals surface area contributed by atoms with Crippen LogP contribution in [0.1, 0.15) is 20.3 Å². The van der Waals surface area contributed by atoms with Crippen LogP contribution >= 0.6 is 0 Å². The summed E-state index contributed by atoms with van der Waals surface area (Å²) in [6, 6.07) is 0. The van der Waals surface area contributed by atoms with Crippen molar-refractivity contribution in [1.82, 2.24) is 0 Å². The topological polar surface area (TPSA) is 72.5 Å². The quantitative estimate of drug-likeness (QED) is 0.485. The van der Waals surface area contributed by atoms with Gasteiger partial charge in [-0.15, -0.1) is 0 Å². The van der Waals surface area contributed by atoms with Crippen LogP contribution in [-0.2, 0) is 9.53 Å². The lowest BCUT2D eigenvalue weighted by Gasteiger charge is -2.03. The molecule has 0 aromatic heterocycles. The highest BCUT2D eigenvalue weighted by molar-refractivity contribution is 5.69. The first kappa shape index (κ1) is 11.0. The molecule has 0 aliphatic heterocycles. The number of nitrogens with two attached hydrogens (primary N) is 1. The highest BCUT2D eigenvalue weighted by atomic mass is 16.5. The number of esters is 1. The van der Waals surface area contributed by atoms with Crippen LogP contribution in [0.25, 0.3) is 0 Å². The normalized spacial score (nSPS) is 9.25. The van der Waals surface area contributed by atoms with Gasteiger partial charge in [0.15, 0.2) is 0 Å². The summed E-state index contributed by atoms with van der Waals surface area (Å²) in [5, 5.41) is 9.11. The molecule has 0 aromatic carbocycles. The molecule has 0 aromatic rings. The maximum absolute atomic E-state index is 10.7. The lowest BCUT2D eigenvalue weighted by atomic mass is 10.3. The predicted molar refractivity (Wildman–Crippen MR) is 45.6 cm³/mol. The predicted octanol–water partition coefficient (Wildman–Crippen LogP) is 0.730. The first-order chi connectivity index (χ1) is 5.57. The molecule has 4 heteroatoms. The number of hydrogen-bond donors (Lipinski definition) is 2. The number of allylic oxidation sites excluding steroid dienone is 1. The minimum absolute atomic E-state index is 0.0544. The van der Waals surface area contributed by atoms with E-state index in [4.69, 9.17) is 10.8 Å². The summed E-state index contributed by atoms with van der Waals surface area (Å²) >= 11 is 0. The zero-order chi connectivity index (χ0) is 9.56. The largest absolute Gasteiger partial charge is 0.509 e. The van der Waals surface area contributed by atoms with Crippen LogP contribution in [0.2, 0.25) is 0 Å². The van der Waals surface area contributed by atoms with E-state index >= 15 is 0 Å². The fraction of sp³-hybridized carbons (Fsp3) is 0.625. The summed E-state index contributed by atoms with van der Waals surface area (Å²) in [7, 11) is 0. The van der Waals surface area contributed by atoms with Crippen molar-refractivity contribution in [1.29, 1.82) is 0 Å². The van der Waals surface area contributed by atoms with E-state index in [0.29, 0.717) is 0 Å². The van der Waals surface area contributed by atoms with Gasteiger partial charge in [0.2, 0.25) is 0 Å². The van der Waals surface area contributed by atoms with Gasteiger partial charge in [0.1, 0.15) is 12.4 Å². The fourth-order valence-corrected chi connectivity index (χ4v) is 0.483. The van der Waals surface area contributed by atoms with Gasteiger partial charge in [-0.1, -0.05) is 0 Å². The van der Waals surface area contributed by atoms with Crippen LogP contribution in [0.3, 0.4) is 0 Å². The smallest absolute Gasteiger partial charge is 0.307 e. The number of carbonyl (C=O) groups excluding carboxylic acids is 1. The average molecular weight is 173 g/mol. The molecule has 0 bridgehead atoms. The number of carbonyl (C=O) groups is 1. The average Bonchev–Trinajstić information content (AvgIpc) is 2.00. The second-order valence-corrected chi connectivity index (χ2v) is 2.65. The molecule has 0 atom stereocenters. The third-order valence-electron chi connectivity index (χ3n) is 1.30. The van der Waals surface area contributed by atoms with Gasteiger partial charge in [0.05, 0.1) is 6.42 Å². The van der Waals surface area contributed by atoms with E-state index in [1.54, 1.807) is 13.8 Å². The molecular weight excluding hydrogens is 158 g/mol. The Kier molecular flexibility index (Phi) is 5.12. The number of rotatable bonds is 4. The Morgan fingerprint density at radius 1 is 1.50 bits per heavy atom. The molecular formula is C8H15NO3. The molecule has 0 aliphatic carbocycles. The third-order valence-corrected chi connectivity index (χ3v) is 1.30. The molecule has 4 nitrogen and oxygen atoms in total. The van der Waals surface area contributed by atoms with Gasteiger partial charge < -0.3 is 15.6 Å². The number of ether oxygens (including phenoxy) is 1. The van der Waals surface area contributed by atoms with Crippen LogP contribution in [0.4, 0.5) is 0 Å². The van der Waals surface area contributed by atoms with Gasteiger partial charge >= 0.3 is 5.97 Å². The van der Waals surface area contributed by atoms with Crippen LogP contribution in [0, 0.1) is 0 Å². The summed E-state index contributed by atoms with van der Waals surface area (Å²) in [6.45, 7) is 3.70. The molecule has 0 spiro atoms. The van der Waals surface area contributed by atoms with Crippen LogP contribution in [0.15, 0.2) is 11.3 Å². The van der Waals surface area contributed by atoms with E-state index in [0.717, 1.165) is 5.57 Å². The molecule has 70 valence electrons. The Bertz CT molecular complexity index is 183. The van der Waals surface area contributed by atoms with E-state index in [1.807, 2.05) is 0 Å². The number of hydrogen-bond acceptors (Lipinski definition) is 4. The molecule has 0 heterocycles. The Hall–Kier alpha value is -1.03. The molecule has 0 saturated heterocycles. The summed E-state index contributed by atoms with van der Waals surface area (Å²) < 4.78 is 4.68. The Labute approximate surface area is 72.0 Å². The highest BCUT2D eigenvalue weighted by Gasteiger charge is 2.02. The number of aliphatic hydroxyl groups is 1. The molecule has 0 rings (SSSR count). The summed E-state index contributed by atoms with van der Waals surface area (Å²) in [5.74, 6) is -0.286. The van der Waals surface area contributed by atoms with E-state index in [1.165, 1.54) is 0 Å². The first-order valence-electron chi connectivity index (χ1n) is 3.79. The lowest BCUT2D eigenvalue weighted by Crippen LogP contribution is -2.12. The molecule has 0 aliphatic rings. The van der Waals surface area contributed by atoms with Crippen molar-refractivity contribution in [2.45, 2.75) is 20.3 Å². The molecule has 0 saturated carbocycles. The van der Waals surface area contributed by atoms with E-state index in [2.05, 4.69) is 4.74 Å². The van der Waals surface area contributed by atoms with Crippen LogP contribution in [-0.4, -0.2) is 24.2 Å². The zero-order valence-electron chi connectivity index (χ0n) is 7.46. The van der Waals surface area contributed by atoms with Gasteiger partial charge in [0.25, 0.3) is 0 Å². The van der Waals surface area contributed by atoms with Crippen molar-refractivity contribution in [2.24, 2.45) is 5.73 Å². The van der Waals surface area contributed by atoms with Crippen molar-refractivity contribution < 1.29 is 14.6 Å². The second-order valence-electron chi connectivity index (χ2n) is 2.65. The minimum atomic E-state index is -0.384. The Morgan fingerprint density at radius 2 is 2.08 bits per heavy atom. The van der Waals surface area contributed by atoms with Gasteiger partial charge in [-0.3, -0.25) is 4.79 Å². The third kappa shape index (κ3) is 4.73. The Balaban J connectivity index is 3.69. The summed E-state index contributed by atoms with van der Waals surface area (Å²) in [6.07, 6.45) is 0.191. The molecule has 0 fully saturated rings. The van der Waals surface area contributed by atoms with Crippen LogP contribution in [0.5, 0.6) is 0 Å². The maximum atomic E-state index is 10.7. The lowest BCUT2D eigenvalue weighted by molar-refractivity contribution is -0.143. The number of aliphatic hydroxyl groups excluding tert-OH is 1. The maximum Gasteiger partial charge on any atom is 0.307 e. The zero-order valence-corrected chi connectivity index (χ0v) is 7.46. The standard InChI is InChI=1S/C8H15NO3/c1-6(2)7(10)5-12-8(11)3-4-9/h10H,3-5,9H2,1-2H3. The van der Waals surface area contributed by atoms with E-state index in [-0.39, 0.29) is 31.3 Å². The molecule has 12 heavy (non-hydrogen) atoms. The fourth-order valence-electron chi connectivity index (χ4n) is 0.483.